The highest BCUT2D eigenvalue weighted by atomic mass is 16.5. The molecule has 1 aromatic carbocycles. The summed E-state index contributed by atoms with van der Waals surface area (Å²) in [4.78, 5) is 11.2. The van der Waals surface area contributed by atoms with E-state index >= 15 is 0 Å². The van der Waals surface area contributed by atoms with Crippen molar-refractivity contribution in [3.05, 3.63) is 29.8 Å². The van der Waals surface area contributed by atoms with Crippen molar-refractivity contribution in [2.24, 2.45) is 0 Å². The number of hydrogen-bond acceptors (Lipinski definition) is 2. The standard InChI is InChI=1S/C12H13NO2/c1-3-5-10-6-4-7-11(8-10)13-12(14)9-15-2/h4,6-8H,9H2,1-2H3,(H,13,14). The number of methoxy groups -OCH3 is 1. The van der Waals surface area contributed by atoms with Crippen LogP contribution in [0.25, 0.3) is 0 Å². The molecule has 0 aliphatic rings. The molecular weight excluding hydrogens is 190 g/mol. The number of anilines is 1. The summed E-state index contributed by atoms with van der Waals surface area (Å²) in [6.07, 6.45) is 0. The lowest BCUT2D eigenvalue weighted by atomic mass is 10.2. The number of ether oxygens (including phenoxy) is 1. The van der Waals surface area contributed by atoms with E-state index in [9.17, 15) is 4.79 Å². The fourth-order valence-corrected chi connectivity index (χ4v) is 1.15. The Kier molecular flexibility index (Phi) is 4.39. The van der Waals surface area contributed by atoms with Gasteiger partial charge >= 0.3 is 0 Å². The highest BCUT2D eigenvalue weighted by molar-refractivity contribution is 5.91. The zero-order valence-corrected chi connectivity index (χ0v) is 8.83. The van der Waals surface area contributed by atoms with Gasteiger partial charge in [-0.25, -0.2) is 0 Å². The Bertz CT molecular complexity index is 402. The average Bonchev–Trinajstić information content (AvgIpc) is 2.19. The molecule has 78 valence electrons. The quantitative estimate of drug-likeness (QED) is 0.758. The predicted octanol–water partition coefficient (Wildman–Crippen LogP) is 1.64. The lowest BCUT2D eigenvalue weighted by Crippen LogP contribution is -2.16. The minimum atomic E-state index is -0.167. The van der Waals surface area contributed by atoms with E-state index in [2.05, 4.69) is 17.2 Å². The molecule has 0 radical (unpaired) electrons. The molecular formula is C12H13NO2. The van der Waals surface area contributed by atoms with Crippen LogP contribution < -0.4 is 5.32 Å². The first-order valence-corrected chi connectivity index (χ1v) is 4.58. The van der Waals surface area contributed by atoms with Crippen LogP contribution in [0.2, 0.25) is 0 Å². The van der Waals surface area contributed by atoms with Gasteiger partial charge in [-0.05, 0) is 25.1 Å². The highest BCUT2D eigenvalue weighted by Gasteiger charge is 2.00. The number of rotatable bonds is 3. The monoisotopic (exact) mass is 203 g/mol. The lowest BCUT2D eigenvalue weighted by molar-refractivity contribution is -0.119. The molecule has 1 rings (SSSR count). The van der Waals surface area contributed by atoms with Gasteiger partial charge in [0.2, 0.25) is 5.91 Å². The van der Waals surface area contributed by atoms with Crippen molar-refractivity contribution in [3.8, 4) is 11.8 Å². The lowest BCUT2D eigenvalue weighted by Gasteiger charge is -2.04. The maximum atomic E-state index is 11.2. The number of amides is 1. The van der Waals surface area contributed by atoms with Gasteiger partial charge in [-0.3, -0.25) is 4.79 Å². The van der Waals surface area contributed by atoms with E-state index in [4.69, 9.17) is 4.74 Å². The third-order valence-electron chi connectivity index (χ3n) is 1.69. The van der Waals surface area contributed by atoms with Crippen molar-refractivity contribution < 1.29 is 9.53 Å². The van der Waals surface area contributed by atoms with Crippen molar-refractivity contribution in [1.82, 2.24) is 0 Å². The molecule has 0 saturated carbocycles. The van der Waals surface area contributed by atoms with Gasteiger partial charge in [-0.2, -0.15) is 0 Å². The molecule has 3 heteroatoms. The maximum absolute atomic E-state index is 11.2. The van der Waals surface area contributed by atoms with Crippen molar-refractivity contribution >= 4 is 11.6 Å². The smallest absolute Gasteiger partial charge is 0.250 e. The molecule has 3 nitrogen and oxygen atoms in total. The molecule has 0 unspecified atom stereocenters. The van der Waals surface area contributed by atoms with E-state index in [-0.39, 0.29) is 12.5 Å². The topological polar surface area (TPSA) is 38.3 Å². The normalized spacial score (nSPS) is 8.93. The molecule has 15 heavy (non-hydrogen) atoms. The number of carbonyl (C=O) groups is 1. The van der Waals surface area contributed by atoms with E-state index in [0.717, 1.165) is 11.3 Å². The van der Waals surface area contributed by atoms with Gasteiger partial charge in [-0.1, -0.05) is 12.0 Å². The first-order chi connectivity index (χ1) is 7.26. The molecule has 0 fully saturated rings. The zero-order valence-electron chi connectivity index (χ0n) is 8.83. The predicted molar refractivity (Wildman–Crippen MR) is 59.5 cm³/mol. The summed E-state index contributed by atoms with van der Waals surface area (Å²) in [6, 6.07) is 7.38. The van der Waals surface area contributed by atoms with E-state index in [0.29, 0.717) is 0 Å². The summed E-state index contributed by atoms with van der Waals surface area (Å²) in [5.41, 5.74) is 1.62. The molecule has 0 atom stereocenters. The van der Waals surface area contributed by atoms with Crippen LogP contribution in [0.15, 0.2) is 24.3 Å². The molecule has 1 N–H and O–H groups in total. The van der Waals surface area contributed by atoms with E-state index < -0.39 is 0 Å². The largest absolute Gasteiger partial charge is 0.375 e. The van der Waals surface area contributed by atoms with Crippen LogP contribution in [0.1, 0.15) is 12.5 Å². The second-order valence-electron chi connectivity index (χ2n) is 2.94. The number of nitrogens with one attached hydrogen (secondary N) is 1. The van der Waals surface area contributed by atoms with E-state index in [1.165, 1.54) is 7.11 Å². The molecule has 1 aromatic rings. The second kappa shape index (κ2) is 5.84. The Balaban J connectivity index is 2.72. The van der Waals surface area contributed by atoms with Crippen LogP contribution in [0.4, 0.5) is 5.69 Å². The Morgan fingerprint density at radius 2 is 2.33 bits per heavy atom. The third kappa shape index (κ3) is 3.84. The SMILES string of the molecule is CC#Cc1cccc(NC(=O)COC)c1. The van der Waals surface area contributed by atoms with Crippen molar-refractivity contribution in [1.29, 1.82) is 0 Å². The molecule has 0 saturated heterocycles. The summed E-state index contributed by atoms with van der Waals surface area (Å²) in [6.45, 7) is 1.83. The summed E-state index contributed by atoms with van der Waals surface area (Å²) >= 11 is 0. The fourth-order valence-electron chi connectivity index (χ4n) is 1.15. The van der Waals surface area contributed by atoms with Crippen molar-refractivity contribution in [2.45, 2.75) is 6.92 Å². The van der Waals surface area contributed by atoms with Crippen LogP contribution in [0.5, 0.6) is 0 Å². The number of carbonyl (C=O) groups excluding carboxylic acids is 1. The minimum Gasteiger partial charge on any atom is -0.375 e. The molecule has 0 spiro atoms. The summed E-state index contributed by atoms with van der Waals surface area (Å²) < 4.78 is 4.71. The third-order valence-corrected chi connectivity index (χ3v) is 1.69. The van der Waals surface area contributed by atoms with Crippen LogP contribution in [-0.2, 0) is 9.53 Å². The van der Waals surface area contributed by atoms with Gasteiger partial charge in [0, 0.05) is 18.4 Å². The maximum Gasteiger partial charge on any atom is 0.250 e. The molecule has 0 aromatic heterocycles. The molecule has 0 bridgehead atoms. The Hall–Kier alpha value is -1.79. The molecule has 1 amide bonds. The number of hydrogen-bond donors (Lipinski definition) is 1. The van der Waals surface area contributed by atoms with Gasteiger partial charge in [0.15, 0.2) is 0 Å². The second-order valence-corrected chi connectivity index (χ2v) is 2.94. The van der Waals surface area contributed by atoms with Crippen LogP contribution in [-0.4, -0.2) is 19.6 Å². The molecule has 0 aliphatic heterocycles. The van der Waals surface area contributed by atoms with Crippen LogP contribution in [0.3, 0.4) is 0 Å². The summed E-state index contributed by atoms with van der Waals surface area (Å²) in [5, 5.41) is 2.71. The Morgan fingerprint density at radius 3 is 3.00 bits per heavy atom. The first-order valence-electron chi connectivity index (χ1n) is 4.58. The van der Waals surface area contributed by atoms with E-state index in [1.807, 2.05) is 24.3 Å². The van der Waals surface area contributed by atoms with Crippen molar-refractivity contribution in [2.75, 3.05) is 19.0 Å². The summed E-state index contributed by atoms with van der Waals surface area (Å²) in [5.74, 6) is 5.56. The van der Waals surface area contributed by atoms with Crippen LogP contribution >= 0.6 is 0 Å². The zero-order chi connectivity index (χ0) is 11.1. The van der Waals surface area contributed by atoms with Gasteiger partial charge in [0.1, 0.15) is 6.61 Å². The van der Waals surface area contributed by atoms with Crippen LogP contribution in [0, 0.1) is 11.8 Å². The minimum absolute atomic E-state index is 0.0592. The highest BCUT2D eigenvalue weighted by Crippen LogP contribution is 2.09. The van der Waals surface area contributed by atoms with Gasteiger partial charge in [0.25, 0.3) is 0 Å². The average molecular weight is 203 g/mol. The van der Waals surface area contributed by atoms with Gasteiger partial charge in [0.05, 0.1) is 0 Å². The first kappa shape index (κ1) is 11.3. The van der Waals surface area contributed by atoms with Gasteiger partial charge in [-0.15, -0.1) is 5.92 Å². The Labute approximate surface area is 89.4 Å². The number of benzene rings is 1. The molecule has 0 aliphatic carbocycles. The van der Waals surface area contributed by atoms with Crippen molar-refractivity contribution in [3.63, 3.8) is 0 Å². The summed E-state index contributed by atoms with van der Waals surface area (Å²) in [7, 11) is 1.48. The van der Waals surface area contributed by atoms with Gasteiger partial charge < -0.3 is 10.1 Å². The Morgan fingerprint density at radius 1 is 1.53 bits per heavy atom. The van der Waals surface area contributed by atoms with E-state index in [1.54, 1.807) is 6.92 Å². The fraction of sp³-hybridized carbons (Fsp3) is 0.250. The molecule has 0 heterocycles.